The van der Waals surface area contributed by atoms with Crippen molar-refractivity contribution in [1.82, 2.24) is 0 Å². The molecule has 0 atom stereocenters. The van der Waals surface area contributed by atoms with Crippen LogP contribution in [0.1, 0.15) is 25.0 Å². The molecule has 0 amide bonds. The topological polar surface area (TPSA) is 43.1 Å². The molecule has 0 unspecified atom stereocenters. The Labute approximate surface area is 103 Å². The lowest BCUT2D eigenvalue weighted by atomic mass is 10.0. The minimum absolute atomic E-state index is 0.00908. The number of allylic oxidation sites excluding steroid dienone is 2. The zero-order valence-corrected chi connectivity index (χ0v) is 10.1. The Balaban J connectivity index is 2.83. The highest BCUT2D eigenvalue weighted by molar-refractivity contribution is 5.96. The smallest absolute Gasteiger partial charge is 0.396 e. The summed E-state index contributed by atoms with van der Waals surface area (Å²) in [6.45, 7) is 3.42. The van der Waals surface area contributed by atoms with E-state index >= 15 is 0 Å². The average Bonchev–Trinajstić information content (AvgIpc) is 2.27. The summed E-state index contributed by atoms with van der Waals surface area (Å²) in [7, 11) is 0. The van der Waals surface area contributed by atoms with Crippen LogP contribution >= 0.6 is 0 Å². The molecule has 1 aromatic carbocycles. The zero-order chi connectivity index (χ0) is 13.9. The molecule has 0 aliphatic heterocycles. The monoisotopic (exact) mass is 257 g/mol. The van der Waals surface area contributed by atoms with Gasteiger partial charge in [-0.1, -0.05) is 12.1 Å². The summed E-state index contributed by atoms with van der Waals surface area (Å²) in [6.07, 6.45) is -4.35. The van der Waals surface area contributed by atoms with E-state index in [0.29, 0.717) is 11.1 Å². The molecular formula is C13H14F3NO. The molecule has 0 saturated carbocycles. The van der Waals surface area contributed by atoms with E-state index in [1.165, 1.54) is 12.1 Å². The second kappa shape index (κ2) is 5.25. The van der Waals surface area contributed by atoms with Gasteiger partial charge in [0.25, 0.3) is 0 Å². The van der Waals surface area contributed by atoms with Crippen LogP contribution in [0.5, 0.6) is 0 Å². The standard InChI is InChI=1S/C13H14F3NO/c1-8(2)12(17)11(18)7-9-3-5-10(6-4-9)13(14,15)16/h3-6H,7,17H2,1-2H3. The van der Waals surface area contributed by atoms with Crippen LogP contribution in [0.4, 0.5) is 13.2 Å². The number of hydrogen-bond acceptors (Lipinski definition) is 2. The third-order valence-electron chi connectivity index (χ3n) is 2.49. The lowest BCUT2D eigenvalue weighted by molar-refractivity contribution is -0.137. The predicted molar refractivity (Wildman–Crippen MR) is 62.7 cm³/mol. The molecule has 0 spiro atoms. The van der Waals surface area contributed by atoms with E-state index in [0.717, 1.165) is 12.1 Å². The molecule has 0 saturated heterocycles. The van der Waals surface area contributed by atoms with Crippen LogP contribution in [0.25, 0.3) is 0 Å². The van der Waals surface area contributed by atoms with E-state index in [2.05, 4.69) is 0 Å². The van der Waals surface area contributed by atoms with Crippen molar-refractivity contribution in [3.63, 3.8) is 0 Å². The van der Waals surface area contributed by atoms with Gasteiger partial charge in [-0.2, -0.15) is 13.2 Å². The Morgan fingerprint density at radius 2 is 1.67 bits per heavy atom. The third kappa shape index (κ3) is 3.61. The van der Waals surface area contributed by atoms with Crippen molar-refractivity contribution in [2.45, 2.75) is 26.4 Å². The molecule has 2 nitrogen and oxygen atoms in total. The van der Waals surface area contributed by atoms with Crippen molar-refractivity contribution >= 4 is 5.78 Å². The van der Waals surface area contributed by atoms with Crippen molar-refractivity contribution in [3.05, 3.63) is 46.7 Å². The van der Waals surface area contributed by atoms with Crippen LogP contribution in [0.15, 0.2) is 35.5 Å². The summed E-state index contributed by atoms with van der Waals surface area (Å²) in [5, 5.41) is 0. The number of halogens is 3. The maximum Gasteiger partial charge on any atom is 0.416 e. The van der Waals surface area contributed by atoms with Crippen LogP contribution in [-0.4, -0.2) is 5.78 Å². The van der Waals surface area contributed by atoms with Gasteiger partial charge in [-0.25, -0.2) is 0 Å². The molecule has 1 rings (SSSR count). The van der Waals surface area contributed by atoms with Gasteiger partial charge in [-0.05, 0) is 37.1 Å². The highest BCUT2D eigenvalue weighted by Gasteiger charge is 2.29. The molecule has 1 aromatic rings. The van der Waals surface area contributed by atoms with Crippen molar-refractivity contribution < 1.29 is 18.0 Å². The van der Waals surface area contributed by atoms with Crippen LogP contribution in [0.2, 0.25) is 0 Å². The highest BCUT2D eigenvalue weighted by atomic mass is 19.4. The van der Waals surface area contributed by atoms with Gasteiger partial charge in [0.15, 0.2) is 5.78 Å². The van der Waals surface area contributed by atoms with Gasteiger partial charge in [-0.3, -0.25) is 4.79 Å². The number of hydrogen-bond donors (Lipinski definition) is 1. The van der Waals surface area contributed by atoms with E-state index in [4.69, 9.17) is 5.73 Å². The maximum absolute atomic E-state index is 12.3. The summed E-state index contributed by atoms with van der Waals surface area (Å²) < 4.78 is 37.0. The summed E-state index contributed by atoms with van der Waals surface area (Å²) in [5.41, 5.74) is 6.20. The Morgan fingerprint density at radius 3 is 2.06 bits per heavy atom. The van der Waals surface area contributed by atoms with E-state index in [-0.39, 0.29) is 17.9 Å². The fourth-order valence-electron chi connectivity index (χ4n) is 1.37. The van der Waals surface area contributed by atoms with E-state index in [1.54, 1.807) is 13.8 Å². The van der Waals surface area contributed by atoms with E-state index in [9.17, 15) is 18.0 Å². The first kappa shape index (κ1) is 14.3. The summed E-state index contributed by atoms with van der Waals surface area (Å²) in [4.78, 5) is 11.6. The predicted octanol–water partition coefficient (Wildman–Crippen LogP) is 3.07. The lowest BCUT2D eigenvalue weighted by Crippen LogP contribution is -2.15. The third-order valence-corrected chi connectivity index (χ3v) is 2.49. The van der Waals surface area contributed by atoms with Gasteiger partial charge < -0.3 is 5.73 Å². The Morgan fingerprint density at radius 1 is 1.17 bits per heavy atom. The van der Waals surface area contributed by atoms with Gasteiger partial charge in [-0.15, -0.1) is 0 Å². The Hall–Kier alpha value is -1.78. The van der Waals surface area contributed by atoms with Crippen molar-refractivity contribution in [2.24, 2.45) is 5.73 Å². The van der Waals surface area contributed by atoms with Gasteiger partial charge in [0, 0.05) is 6.42 Å². The first-order valence-corrected chi connectivity index (χ1v) is 5.34. The number of carbonyl (C=O) groups is 1. The normalized spacial score (nSPS) is 11.2. The number of Topliss-reactive ketones (excluding diaryl/α,β-unsaturated/α-hetero) is 1. The van der Waals surface area contributed by atoms with Crippen molar-refractivity contribution in [1.29, 1.82) is 0 Å². The van der Waals surface area contributed by atoms with Crippen molar-refractivity contribution in [3.8, 4) is 0 Å². The molecule has 0 bridgehead atoms. The second-order valence-electron chi connectivity index (χ2n) is 4.21. The number of ketones is 1. The van der Waals surface area contributed by atoms with Gasteiger partial charge in [0.1, 0.15) is 0 Å². The summed E-state index contributed by atoms with van der Waals surface area (Å²) in [6, 6.07) is 4.50. The molecule has 18 heavy (non-hydrogen) atoms. The summed E-state index contributed by atoms with van der Waals surface area (Å²) >= 11 is 0. The molecule has 98 valence electrons. The average molecular weight is 257 g/mol. The summed E-state index contributed by atoms with van der Waals surface area (Å²) in [5.74, 6) is -0.283. The minimum atomic E-state index is -4.36. The van der Waals surface area contributed by atoms with Crippen LogP contribution in [0.3, 0.4) is 0 Å². The number of carbonyl (C=O) groups excluding carboxylic acids is 1. The molecule has 2 N–H and O–H groups in total. The Kier molecular flexibility index (Phi) is 4.16. The molecule has 0 aliphatic carbocycles. The number of alkyl halides is 3. The molecule has 0 heterocycles. The minimum Gasteiger partial charge on any atom is -0.396 e. The molecule has 0 fully saturated rings. The first-order chi connectivity index (χ1) is 8.21. The van der Waals surface area contributed by atoms with E-state index < -0.39 is 11.7 Å². The number of nitrogens with two attached hydrogens (primary N) is 1. The fraction of sp³-hybridized carbons (Fsp3) is 0.308. The SMILES string of the molecule is CC(C)=C(N)C(=O)Cc1ccc(C(F)(F)F)cc1. The van der Waals surface area contributed by atoms with Crippen molar-refractivity contribution in [2.75, 3.05) is 0 Å². The molecule has 5 heteroatoms. The Bertz CT molecular complexity index is 468. The first-order valence-electron chi connectivity index (χ1n) is 5.34. The lowest BCUT2D eigenvalue weighted by Gasteiger charge is -2.08. The second-order valence-corrected chi connectivity index (χ2v) is 4.21. The van der Waals surface area contributed by atoms with E-state index in [1.807, 2.05) is 0 Å². The molecule has 0 aliphatic rings. The van der Waals surface area contributed by atoms with Gasteiger partial charge in [0.05, 0.1) is 11.3 Å². The largest absolute Gasteiger partial charge is 0.416 e. The molecular weight excluding hydrogens is 243 g/mol. The number of rotatable bonds is 3. The van der Waals surface area contributed by atoms with Crippen LogP contribution < -0.4 is 5.73 Å². The number of benzene rings is 1. The van der Waals surface area contributed by atoms with Crippen LogP contribution in [0, 0.1) is 0 Å². The zero-order valence-electron chi connectivity index (χ0n) is 10.1. The molecule has 0 radical (unpaired) electrons. The molecule has 0 aromatic heterocycles. The quantitative estimate of drug-likeness (QED) is 0.846. The fourth-order valence-corrected chi connectivity index (χ4v) is 1.37. The highest BCUT2D eigenvalue weighted by Crippen LogP contribution is 2.29. The van der Waals surface area contributed by atoms with Gasteiger partial charge >= 0.3 is 6.18 Å². The van der Waals surface area contributed by atoms with Crippen LogP contribution in [-0.2, 0) is 17.4 Å². The van der Waals surface area contributed by atoms with Gasteiger partial charge in [0.2, 0.25) is 0 Å². The maximum atomic E-state index is 12.3.